The maximum atomic E-state index is 6.02. The molecule has 3 rings (SSSR count). The molecular weight excluding hydrogens is 640 g/mol. The zero-order valence-electron chi connectivity index (χ0n) is 16.3. The normalized spacial score (nSPS) is 10.8. The fraction of sp³-hybridized carbons (Fsp3) is 0.250. The summed E-state index contributed by atoms with van der Waals surface area (Å²) in [5.74, 6) is 1.78. The van der Waals surface area contributed by atoms with Gasteiger partial charge in [-0.15, -0.1) is 0 Å². The third-order valence-corrected chi connectivity index (χ3v) is 7.09. The fourth-order valence-electron chi connectivity index (χ4n) is 3.00. The molecule has 0 amide bonds. The van der Waals surface area contributed by atoms with Crippen LogP contribution in [0.4, 0.5) is 0 Å². The minimum Gasteiger partial charge on any atom is -0.489 e. The predicted octanol–water partition coefficient (Wildman–Crippen LogP) is 8.42. The van der Waals surface area contributed by atoms with Crippen LogP contribution < -0.4 is 9.47 Å². The van der Waals surface area contributed by atoms with Crippen LogP contribution in [0, 0.1) is 0 Å². The van der Waals surface area contributed by atoms with E-state index in [0.717, 1.165) is 43.9 Å². The van der Waals surface area contributed by atoms with Crippen LogP contribution in [-0.4, -0.2) is 0 Å². The van der Waals surface area contributed by atoms with Gasteiger partial charge in [0.05, 0.1) is 0 Å². The van der Waals surface area contributed by atoms with Gasteiger partial charge < -0.3 is 9.47 Å². The molecule has 0 N–H and O–H groups in total. The van der Waals surface area contributed by atoms with Crippen molar-refractivity contribution in [3.05, 3.63) is 94.0 Å². The fourth-order valence-corrected chi connectivity index (χ4v) is 4.29. The Hall–Kier alpha value is -0.820. The van der Waals surface area contributed by atoms with E-state index in [4.69, 9.17) is 9.47 Å². The molecule has 30 heavy (non-hydrogen) atoms. The van der Waals surface area contributed by atoms with Crippen molar-refractivity contribution in [3.63, 3.8) is 0 Å². The second kappa shape index (κ2) is 12.3. The first-order chi connectivity index (χ1) is 14.6. The van der Waals surface area contributed by atoms with Gasteiger partial charge in [0.15, 0.2) is 0 Å². The second-order valence-corrected chi connectivity index (χ2v) is 9.14. The lowest BCUT2D eigenvalue weighted by Gasteiger charge is -2.11. The van der Waals surface area contributed by atoms with Gasteiger partial charge in [-0.1, -0.05) is 100 Å². The molecule has 0 radical (unpaired) electrons. The Labute approximate surface area is 211 Å². The summed E-state index contributed by atoms with van der Waals surface area (Å²) in [7, 11) is 0. The van der Waals surface area contributed by atoms with E-state index < -0.39 is 0 Å². The second-order valence-electron chi connectivity index (χ2n) is 6.90. The number of benzene rings is 3. The van der Waals surface area contributed by atoms with E-state index in [1.165, 1.54) is 22.3 Å². The van der Waals surface area contributed by atoms with Crippen molar-refractivity contribution in [1.82, 2.24) is 0 Å². The van der Waals surface area contributed by atoms with Crippen LogP contribution in [0.5, 0.6) is 11.5 Å². The zero-order chi connectivity index (χ0) is 21.3. The molecule has 3 aromatic carbocycles. The summed E-state index contributed by atoms with van der Waals surface area (Å²) < 4.78 is 12.0. The standard InChI is InChI=1S/C24H22Br4O2/c25-11-19-5-20(12-26)8-23(7-19)29-15-17-1-2-18(4-3-17)16-30-24-9-21(13-27)6-22(10-24)14-28/h1-10H,11-16H2. The molecule has 0 aromatic heterocycles. The van der Waals surface area contributed by atoms with Crippen molar-refractivity contribution >= 4 is 63.7 Å². The molecule has 2 nitrogen and oxygen atoms in total. The maximum Gasteiger partial charge on any atom is 0.120 e. The molecule has 6 heteroatoms. The largest absolute Gasteiger partial charge is 0.489 e. The number of hydrogen-bond acceptors (Lipinski definition) is 2. The summed E-state index contributed by atoms with van der Waals surface area (Å²) in [6.07, 6.45) is 0. The number of halogens is 4. The number of hydrogen-bond donors (Lipinski definition) is 0. The summed E-state index contributed by atoms with van der Waals surface area (Å²) in [4.78, 5) is 0. The van der Waals surface area contributed by atoms with Crippen LogP contribution in [0.3, 0.4) is 0 Å². The van der Waals surface area contributed by atoms with E-state index in [-0.39, 0.29) is 0 Å². The molecule has 0 saturated heterocycles. The SMILES string of the molecule is BrCc1cc(CBr)cc(OCc2ccc(COc3cc(CBr)cc(CBr)c3)cc2)c1. The van der Waals surface area contributed by atoms with Crippen molar-refractivity contribution in [1.29, 1.82) is 0 Å². The highest BCUT2D eigenvalue weighted by atomic mass is 79.9. The van der Waals surface area contributed by atoms with Crippen molar-refractivity contribution in [2.75, 3.05) is 0 Å². The van der Waals surface area contributed by atoms with Crippen LogP contribution in [0.15, 0.2) is 60.7 Å². The van der Waals surface area contributed by atoms with Crippen molar-refractivity contribution in [2.45, 2.75) is 34.5 Å². The molecular formula is C24H22Br4O2. The van der Waals surface area contributed by atoms with E-state index in [9.17, 15) is 0 Å². The van der Waals surface area contributed by atoms with Gasteiger partial charge in [-0.3, -0.25) is 0 Å². The van der Waals surface area contributed by atoms with Crippen molar-refractivity contribution in [2.24, 2.45) is 0 Å². The van der Waals surface area contributed by atoms with Crippen molar-refractivity contribution in [3.8, 4) is 11.5 Å². The lowest BCUT2D eigenvalue weighted by Crippen LogP contribution is -1.99. The number of rotatable bonds is 10. The summed E-state index contributed by atoms with van der Waals surface area (Å²) in [6.45, 7) is 1.08. The van der Waals surface area contributed by atoms with Gasteiger partial charge >= 0.3 is 0 Å². The summed E-state index contributed by atoms with van der Waals surface area (Å²) in [5, 5.41) is 3.26. The minimum absolute atomic E-state index is 0.538. The molecule has 0 heterocycles. The Morgan fingerprint density at radius 2 is 0.733 bits per heavy atom. The summed E-state index contributed by atoms with van der Waals surface area (Å²) >= 11 is 14.1. The lowest BCUT2D eigenvalue weighted by molar-refractivity contribution is 0.302. The molecule has 0 aliphatic carbocycles. The summed E-state index contributed by atoms with van der Waals surface area (Å²) in [5.41, 5.74) is 7.10. The molecule has 0 atom stereocenters. The van der Waals surface area contributed by atoms with Crippen LogP contribution in [-0.2, 0) is 34.5 Å². The van der Waals surface area contributed by atoms with E-state index in [0.29, 0.717) is 13.2 Å². The Kier molecular flexibility index (Phi) is 9.75. The number of alkyl halides is 4. The first kappa shape index (κ1) is 23.8. The highest BCUT2D eigenvalue weighted by molar-refractivity contribution is 9.09. The van der Waals surface area contributed by atoms with Gasteiger partial charge in [-0.05, 0) is 57.6 Å². The molecule has 158 valence electrons. The smallest absolute Gasteiger partial charge is 0.120 e. The third-order valence-electron chi connectivity index (χ3n) is 4.50. The molecule has 0 bridgehead atoms. The Morgan fingerprint density at radius 3 is 1.00 bits per heavy atom. The monoisotopic (exact) mass is 658 g/mol. The van der Waals surface area contributed by atoms with Crippen LogP contribution in [0.1, 0.15) is 33.4 Å². The predicted molar refractivity (Wildman–Crippen MR) is 139 cm³/mol. The Morgan fingerprint density at radius 1 is 0.433 bits per heavy atom. The van der Waals surface area contributed by atoms with Crippen LogP contribution >= 0.6 is 63.7 Å². The maximum absolute atomic E-state index is 6.02. The van der Waals surface area contributed by atoms with E-state index in [1.54, 1.807) is 0 Å². The molecule has 0 saturated carbocycles. The van der Waals surface area contributed by atoms with E-state index in [1.807, 2.05) is 0 Å². The van der Waals surface area contributed by atoms with Gasteiger partial charge in [0.25, 0.3) is 0 Å². The topological polar surface area (TPSA) is 18.5 Å². The summed E-state index contributed by atoms with van der Waals surface area (Å²) in [6, 6.07) is 21.0. The van der Waals surface area contributed by atoms with Gasteiger partial charge in [0, 0.05) is 21.3 Å². The highest BCUT2D eigenvalue weighted by Crippen LogP contribution is 2.23. The third kappa shape index (κ3) is 7.11. The average Bonchev–Trinajstić information content (AvgIpc) is 2.81. The van der Waals surface area contributed by atoms with Crippen LogP contribution in [0.25, 0.3) is 0 Å². The first-order valence-electron chi connectivity index (χ1n) is 9.46. The quantitative estimate of drug-likeness (QED) is 0.203. The van der Waals surface area contributed by atoms with Crippen molar-refractivity contribution < 1.29 is 9.47 Å². The highest BCUT2D eigenvalue weighted by Gasteiger charge is 2.04. The minimum atomic E-state index is 0.538. The molecule has 3 aromatic rings. The molecule has 0 aliphatic rings. The van der Waals surface area contributed by atoms with Gasteiger partial charge in [-0.2, -0.15) is 0 Å². The zero-order valence-corrected chi connectivity index (χ0v) is 22.7. The molecule has 0 fully saturated rings. The Bertz CT molecular complexity index is 835. The first-order valence-corrected chi connectivity index (χ1v) is 13.9. The molecule has 0 spiro atoms. The van der Waals surface area contributed by atoms with Gasteiger partial charge in [-0.25, -0.2) is 0 Å². The lowest BCUT2D eigenvalue weighted by atomic mass is 10.1. The average molecular weight is 662 g/mol. The van der Waals surface area contributed by atoms with E-state index in [2.05, 4.69) is 124 Å². The molecule has 0 aliphatic heterocycles. The van der Waals surface area contributed by atoms with Crippen LogP contribution in [0.2, 0.25) is 0 Å². The Balaban J connectivity index is 1.58. The van der Waals surface area contributed by atoms with E-state index >= 15 is 0 Å². The number of ether oxygens (including phenoxy) is 2. The molecule has 0 unspecified atom stereocenters. The van der Waals surface area contributed by atoms with Gasteiger partial charge in [0.1, 0.15) is 24.7 Å². The van der Waals surface area contributed by atoms with Gasteiger partial charge in [0.2, 0.25) is 0 Å².